The number of imidazole rings is 1. The molecule has 1 fully saturated rings. The quantitative estimate of drug-likeness (QED) is 0.706. The Morgan fingerprint density at radius 3 is 2.63 bits per heavy atom. The number of aromatic nitrogens is 2. The van der Waals surface area contributed by atoms with Gasteiger partial charge in [-0.15, -0.1) is 0 Å². The van der Waals surface area contributed by atoms with Crippen LogP contribution in [-0.4, -0.2) is 34.4 Å². The molecule has 2 aromatic carbocycles. The molecule has 1 N–H and O–H groups in total. The first-order valence-electron chi connectivity index (χ1n) is 9.56. The molecule has 0 bridgehead atoms. The largest absolute Gasteiger partial charge is 0.486 e. The van der Waals surface area contributed by atoms with Gasteiger partial charge in [0.05, 0.1) is 23.0 Å². The third-order valence-electron chi connectivity index (χ3n) is 6.06. The highest BCUT2D eigenvalue weighted by Crippen LogP contribution is 2.40. The van der Waals surface area contributed by atoms with E-state index in [2.05, 4.69) is 16.8 Å². The van der Waals surface area contributed by atoms with E-state index in [0.717, 1.165) is 59.8 Å². The lowest BCUT2D eigenvalue weighted by molar-refractivity contribution is 0.0230. The maximum absolute atomic E-state index is 12.8. The predicted octanol–water partition coefficient (Wildman–Crippen LogP) is 4.18. The lowest BCUT2D eigenvalue weighted by Crippen LogP contribution is -2.51. The lowest BCUT2D eigenvalue weighted by atomic mass is 9.82. The average Bonchev–Trinajstić information content (AvgIpc) is 3.08. The molecule has 27 heavy (non-hydrogen) atoms. The van der Waals surface area contributed by atoms with Gasteiger partial charge in [0.2, 0.25) is 5.95 Å². The number of para-hydroxylation sites is 2. The molecule has 1 saturated heterocycles. The van der Waals surface area contributed by atoms with Crippen molar-refractivity contribution < 1.29 is 9.53 Å². The van der Waals surface area contributed by atoms with Gasteiger partial charge in [-0.2, -0.15) is 0 Å². The van der Waals surface area contributed by atoms with Crippen LogP contribution < -0.4 is 9.64 Å². The van der Waals surface area contributed by atoms with Gasteiger partial charge >= 0.3 is 0 Å². The van der Waals surface area contributed by atoms with Crippen LogP contribution in [0.25, 0.3) is 11.0 Å². The summed E-state index contributed by atoms with van der Waals surface area (Å²) in [7, 11) is 0. The number of aryl methyl sites for hydroxylation is 2. The van der Waals surface area contributed by atoms with E-state index in [0.29, 0.717) is 6.42 Å². The number of anilines is 1. The Bertz CT molecular complexity index is 1010. The molecule has 1 spiro atoms. The summed E-state index contributed by atoms with van der Waals surface area (Å²) in [5.41, 5.74) is 4.70. The van der Waals surface area contributed by atoms with E-state index >= 15 is 0 Å². The molecule has 0 saturated carbocycles. The van der Waals surface area contributed by atoms with Gasteiger partial charge in [-0.05, 0) is 49.2 Å². The number of ketones is 1. The van der Waals surface area contributed by atoms with Gasteiger partial charge in [0.25, 0.3) is 0 Å². The van der Waals surface area contributed by atoms with Gasteiger partial charge < -0.3 is 14.6 Å². The molecule has 0 atom stereocenters. The van der Waals surface area contributed by atoms with Crippen molar-refractivity contribution in [3.8, 4) is 5.75 Å². The second kappa shape index (κ2) is 5.84. The number of carbonyl (C=O) groups is 1. The van der Waals surface area contributed by atoms with Gasteiger partial charge in [0.15, 0.2) is 5.78 Å². The Morgan fingerprint density at radius 2 is 1.85 bits per heavy atom. The summed E-state index contributed by atoms with van der Waals surface area (Å²) in [5.74, 6) is 1.86. The number of hydrogen-bond donors (Lipinski definition) is 1. The van der Waals surface area contributed by atoms with Crippen LogP contribution in [-0.2, 0) is 0 Å². The standard InChI is InChI=1S/C22H23N3O2/c1-14-11-16-19(26)13-22(27-20(16)12-15(14)2)7-9-25(10-8-22)21-23-17-5-3-4-6-18(17)24-21/h3-6,11-12H,7-10,13H2,1-2H3,(H,23,24). The zero-order chi connectivity index (χ0) is 18.6. The van der Waals surface area contributed by atoms with E-state index in [1.165, 1.54) is 5.56 Å². The minimum absolute atomic E-state index is 0.205. The third-order valence-corrected chi connectivity index (χ3v) is 6.06. The van der Waals surface area contributed by atoms with Crippen LogP contribution in [0.3, 0.4) is 0 Å². The summed E-state index contributed by atoms with van der Waals surface area (Å²) in [4.78, 5) is 23.1. The number of nitrogens with one attached hydrogen (secondary N) is 1. The Balaban J connectivity index is 1.38. The fourth-order valence-corrected chi connectivity index (χ4v) is 4.24. The number of ether oxygens (including phenoxy) is 1. The fourth-order valence-electron chi connectivity index (χ4n) is 4.24. The highest BCUT2D eigenvalue weighted by Gasteiger charge is 2.43. The van der Waals surface area contributed by atoms with Gasteiger partial charge in [-0.25, -0.2) is 4.98 Å². The van der Waals surface area contributed by atoms with Crippen LogP contribution in [0.4, 0.5) is 5.95 Å². The van der Waals surface area contributed by atoms with Crippen LogP contribution in [0, 0.1) is 13.8 Å². The monoisotopic (exact) mass is 361 g/mol. The van der Waals surface area contributed by atoms with E-state index in [-0.39, 0.29) is 11.4 Å². The second-order valence-corrected chi connectivity index (χ2v) is 7.88. The number of hydrogen-bond acceptors (Lipinski definition) is 4. The zero-order valence-electron chi connectivity index (χ0n) is 15.7. The van der Waals surface area contributed by atoms with Gasteiger partial charge in [0.1, 0.15) is 11.4 Å². The van der Waals surface area contributed by atoms with Gasteiger partial charge in [0, 0.05) is 25.9 Å². The smallest absolute Gasteiger partial charge is 0.203 e. The minimum Gasteiger partial charge on any atom is -0.486 e. The van der Waals surface area contributed by atoms with Crippen LogP contribution in [0.15, 0.2) is 36.4 Å². The molecule has 0 aliphatic carbocycles. The van der Waals surface area contributed by atoms with E-state index < -0.39 is 0 Å². The summed E-state index contributed by atoms with van der Waals surface area (Å²) in [6.45, 7) is 5.76. The maximum atomic E-state index is 12.8. The first-order valence-corrected chi connectivity index (χ1v) is 9.56. The van der Waals surface area contributed by atoms with Gasteiger partial charge in [-0.1, -0.05) is 12.1 Å². The van der Waals surface area contributed by atoms with Gasteiger partial charge in [-0.3, -0.25) is 4.79 Å². The molecule has 5 nitrogen and oxygen atoms in total. The Hall–Kier alpha value is -2.82. The number of benzene rings is 2. The summed E-state index contributed by atoms with van der Waals surface area (Å²) in [6.07, 6.45) is 2.11. The van der Waals surface area contributed by atoms with Crippen LogP contribution in [0.1, 0.15) is 40.7 Å². The van der Waals surface area contributed by atoms with E-state index in [1.807, 2.05) is 43.3 Å². The van der Waals surface area contributed by atoms with Crippen molar-refractivity contribution in [3.63, 3.8) is 0 Å². The molecule has 138 valence electrons. The normalized spacial score (nSPS) is 18.6. The summed E-state index contributed by atoms with van der Waals surface area (Å²) >= 11 is 0. The number of H-pyrrole nitrogens is 1. The Kier molecular flexibility index (Phi) is 3.54. The van der Waals surface area contributed by atoms with Crippen LogP contribution in [0.2, 0.25) is 0 Å². The van der Waals surface area contributed by atoms with Crippen LogP contribution >= 0.6 is 0 Å². The molecular formula is C22H23N3O2. The number of fused-ring (bicyclic) bond motifs is 2. The SMILES string of the molecule is Cc1cc2c(cc1C)C(=O)CC1(CCN(c3nc4ccccc4[nH]3)CC1)O2. The first-order chi connectivity index (χ1) is 13.0. The van der Waals surface area contributed by atoms with Crippen molar-refractivity contribution in [1.82, 2.24) is 9.97 Å². The molecule has 1 aromatic heterocycles. The molecule has 2 aliphatic rings. The Morgan fingerprint density at radius 1 is 1.11 bits per heavy atom. The number of Topliss-reactive ketones (excluding diaryl/α,β-unsaturated/α-hetero) is 1. The molecule has 0 radical (unpaired) electrons. The van der Waals surface area contributed by atoms with Crippen molar-refractivity contribution in [2.45, 2.75) is 38.7 Å². The number of rotatable bonds is 1. The highest BCUT2D eigenvalue weighted by atomic mass is 16.5. The zero-order valence-corrected chi connectivity index (χ0v) is 15.7. The number of nitrogens with zero attached hydrogens (tertiary/aromatic N) is 2. The number of carbonyl (C=O) groups excluding carboxylic acids is 1. The third kappa shape index (κ3) is 2.69. The molecule has 0 amide bonds. The molecular weight excluding hydrogens is 338 g/mol. The van der Waals surface area contributed by atoms with Crippen molar-refractivity contribution in [2.24, 2.45) is 0 Å². The predicted molar refractivity (Wildman–Crippen MR) is 106 cm³/mol. The molecule has 0 unspecified atom stereocenters. The summed E-state index contributed by atoms with van der Waals surface area (Å²) < 4.78 is 6.43. The van der Waals surface area contributed by atoms with Crippen molar-refractivity contribution in [1.29, 1.82) is 0 Å². The lowest BCUT2D eigenvalue weighted by Gasteiger charge is -2.44. The van der Waals surface area contributed by atoms with E-state index in [1.54, 1.807) is 0 Å². The first kappa shape index (κ1) is 16.4. The summed E-state index contributed by atoms with van der Waals surface area (Å²) in [6, 6.07) is 12.1. The number of aromatic amines is 1. The maximum Gasteiger partial charge on any atom is 0.203 e. The molecule has 5 rings (SSSR count). The highest BCUT2D eigenvalue weighted by molar-refractivity contribution is 6.00. The van der Waals surface area contributed by atoms with Crippen molar-refractivity contribution in [3.05, 3.63) is 53.1 Å². The van der Waals surface area contributed by atoms with Crippen molar-refractivity contribution in [2.75, 3.05) is 18.0 Å². The van der Waals surface area contributed by atoms with E-state index in [4.69, 9.17) is 9.72 Å². The topological polar surface area (TPSA) is 58.2 Å². The average molecular weight is 361 g/mol. The van der Waals surface area contributed by atoms with Crippen LogP contribution in [0.5, 0.6) is 5.75 Å². The van der Waals surface area contributed by atoms with E-state index in [9.17, 15) is 4.79 Å². The molecule has 2 aliphatic heterocycles. The molecule has 3 aromatic rings. The minimum atomic E-state index is -0.381. The van der Waals surface area contributed by atoms with Crippen molar-refractivity contribution >= 4 is 22.8 Å². The number of piperidine rings is 1. The Labute approximate surface area is 158 Å². The summed E-state index contributed by atoms with van der Waals surface area (Å²) in [5, 5.41) is 0. The molecule has 3 heterocycles. The second-order valence-electron chi connectivity index (χ2n) is 7.88. The molecule has 5 heteroatoms. The fraction of sp³-hybridized carbons (Fsp3) is 0.364.